The molecule has 0 aliphatic carbocycles. The Morgan fingerprint density at radius 3 is 2.04 bits per heavy atom. The molecule has 0 fully saturated rings. The number of carbonyl (C=O) groups excluding carboxylic acids is 1. The molecule has 3 aromatic rings. The number of hydrogen-bond acceptors (Lipinski definition) is 2. The number of rotatable bonds is 5. The van der Waals surface area contributed by atoms with Gasteiger partial charge in [-0.3, -0.25) is 4.79 Å². The van der Waals surface area contributed by atoms with Gasteiger partial charge in [0.25, 0.3) is 5.91 Å². The van der Waals surface area contributed by atoms with Crippen molar-refractivity contribution in [2.24, 2.45) is 0 Å². The van der Waals surface area contributed by atoms with E-state index in [0.29, 0.717) is 5.56 Å². The fourth-order valence-electron chi connectivity index (χ4n) is 2.70. The van der Waals surface area contributed by atoms with E-state index in [-0.39, 0.29) is 11.9 Å². The molecular formula is C22H21NO2. The van der Waals surface area contributed by atoms with Crippen molar-refractivity contribution in [1.82, 2.24) is 5.32 Å². The Morgan fingerprint density at radius 1 is 0.840 bits per heavy atom. The summed E-state index contributed by atoms with van der Waals surface area (Å²) < 4.78 is 5.16. The van der Waals surface area contributed by atoms with E-state index in [4.69, 9.17) is 4.74 Å². The van der Waals surface area contributed by atoms with Crippen LogP contribution in [0.25, 0.3) is 11.1 Å². The molecule has 0 bridgehead atoms. The third-order valence-electron chi connectivity index (χ3n) is 4.22. The van der Waals surface area contributed by atoms with Gasteiger partial charge >= 0.3 is 0 Å². The van der Waals surface area contributed by atoms with Crippen molar-refractivity contribution in [2.75, 3.05) is 7.11 Å². The van der Waals surface area contributed by atoms with Crippen LogP contribution in [0.3, 0.4) is 0 Å². The Bertz CT molecular complexity index is 824. The lowest BCUT2D eigenvalue weighted by molar-refractivity contribution is 0.0940. The topological polar surface area (TPSA) is 38.3 Å². The van der Waals surface area contributed by atoms with Crippen molar-refractivity contribution in [2.45, 2.75) is 13.0 Å². The normalized spacial score (nSPS) is 11.6. The highest BCUT2D eigenvalue weighted by Crippen LogP contribution is 2.20. The standard InChI is InChI=1S/C22H21NO2/c1-16(17-12-14-21(25-2)15-13-17)23-22(24)20-10-8-19(9-11-20)18-6-4-3-5-7-18/h3-16H,1-2H3,(H,23,24)/t16-/m0/s1. The minimum absolute atomic E-state index is 0.0767. The lowest BCUT2D eigenvalue weighted by atomic mass is 10.0. The molecule has 0 heterocycles. The van der Waals surface area contributed by atoms with Crippen molar-refractivity contribution in [3.63, 3.8) is 0 Å². The van der Waals surface area contributed by atoms with Gasteiger partial charge in [-0.2, -0.15) is 0 Å². The first-order valence-corrected chi connectivity index (χ1v) is 8.27. The maximum Gasteiger partial charge on any atom is 0.251 e. The molecule has 3 heteroatoms. The number of carbonyl (C=O) groups is 1. The molecule has 0 radical (unpaired) electrons. The average Bonchev–Trinajstić information content (AvgIpc) is 2.68. The third kappa shape index (κ3) is 4.07. The van der Waals surface area contributed by atoms with Crippen LogP contribution < -0.4 is 10.1 Å². The Balaban J connectivity index is 1.68. The van der Waals surface area contributed by atoms with Crippen molar-refractivity contribution >= 4 is 5.91 Å². The number of nitrogens with one attached hydrogen (secondary N) is 1. The van der Waals surface area contributed by atoms with E-state index in [1.54, 1.807) is 7.11 Å². The van der Waals surface area contributed by atoms with Crippen LogP contribution in [-0.4, -0.2) is 13.0 Å². The summed E-state index contributed by atoms with van der Waals surface area (Å²) in [5.41, 5.74) is 3.93. The first-order chi connectivity index (χ1) is 12.2. The maximum atomic E-state index is 12.5. The van der Waals surface area contributed by atoms with Crippen LogP contribution in [0.2, 0.25) is 0 Å². The van der Waals surface area contributed by atoms with E-state index in [1.165, 1.54) is 0 Å². The molecule has 1 atom stereocenters. The second-order valence-corrected chi connectivity index (χ2v) is 5.91. The SMILES string of the molecule is COc1ccc([C@H](C)NC(=O)c2ccc(-c3ccccc3)cc2)cc1. The number of methoxy groups -OCH3 is 1. The second-order valence-electron chi connectivity index (χ2n) is 5.91. The molecule has 25 heavy (non-hydrogen) atoms. The average molecular weight is 331 g/mol. The molecule has 3 aromatic carbocycles. The predicted octanol–water partition coefficient (Wildman–Crippen LogP) is 4.85. The van der Waals surface area contributed by atoms with E-state index >= 15 is 0 Å². The van der Waals surface area contributed by atoms with Crippen LogP contribution in [0.5, 0.6) is 5.75 Å². The van der Waals surface area contributed by atoms with Gasteiger partial charge in [0.1, 0.15) is 5.75 Å². The molecule has 0 aliphatic heterocycles. The molecule has 126 valence electrons. The van der Waals surface area contributed by atoms with Gasteiger partial charge in [0.15, 0.2) is 0 Å². The molecular weight excluding hydrogens is 310 g/mol. The van der Waals surface area contributed by atoms with Gasteiger partial charge in [-0.25, -0.2) is 0 Å². The molecule has 1 amide bonds. The Morgan fingerprint density at radius 2 is 1.44 bits per heavy atom. The van der Waals surface area contributed by atoms with E-state index in [2.05, 4.69) is 17.4 Å². The highest BCUT2D eigenvalue weighted by Gasteiger charge is 2.11. The number of amides is 1. The van der Waals surface area contributed by atoms with E-state index in [0.717, 1.165) is 22.4 Å². The van der Waals surface area contributed by atoms with Crippen LogP contribution in [0.15, 0.2) is 78.9 Å². The molecule has 3 rings (SSSR count). The zero-order valence-electron chi connectivity index (χ0n) is 14.4. The van der Waals surface area contributed by atoms with Crippen LogP contribution in [0, 0.1) is 0 Å². The van der Waals surface area contributed by atoms with Gasteiger partial charge < -0.3 is 10.1 Å². The monoisotopic (exact) mass is 331 g/mol. The smallest absolute Gasteiger partial charge is 0.251 e. The van der Waals surface area contributed by atoms with Crippen LogP contribution >= 0.6 is 0 Å². The van der Waals surface area contributed by atoms with Gasteiger partial charge in [0.05, 0.1) is 13.2 Å². The fraction of sp³-hybridized carbons (Fsp3) is 0.136. The minimum Gasteiger partial charge on any atom is -0.497 e. The molecule has 3 nitrogen and oxygen atoms in total. The Labute approximate surface area is 148 Å². The molecule has 0 spiro atoms. The molecule has 0 saturated carbocycles. The minimum atomic E-state index is -0.0806. The third-order valence-corrected chi connectivity index (χ3v) is 4.22. The van der Waals surface area contributed by atoms with Gasteiger partial charge in [0, 0.05) is 5.56 Å². The summed E-state index contributed by atoms with van der Waals surface area (Å²) in [7, 11) is 1.64. The molecule has 0 aromatic heterocycles. The predicted molar refractivity (Wildman–Crippen MR) is 101 cm³/mol. The van der Waals surface area contributed by atoms with E-state index in [9.17, 15) is 4.79 Å². The zero-order valence-corrected chi connectivity index (χ0v) is 14.4. The lowest BCUT2D eigenvalue weighted by Crippen LogP contribution is -2.26. The Kier molecular flexibility index (Phi) is 5.14. The summed E-state index contributed by atoms with van der Waals surface area (Å²) in [5, 5.41) is 3.03. The highest BCUT2D eigenvalue weighted by atomic mass is 16.5. The van der Waals surface area contributed by atoms with Crippen molar-refractivity contribution in [3.05, 3.63) is 90.0 Å². The summed E-state index contributed by atoms with van der Waals surface area (Å²) >= 11 is 0. The quantitative estimate of drug-likeness (QED) is 0.725. The summed E-state index contributed by atoms with van der Waals surface area (Å²) in [4.78, 5) is 12.5. The van der Waals surface area contributed by atoms with E-state index in [1.807, 2.05) is 73.7 Å². The van der Waals surface area contributed by atoms with Crippen LogP contribution in [0.4, 0.5) is 0 Å². The number of hydrogen-bond donors (Lipinski definition) is 1. The number of ether oxygens (including phenoxy) is 1. The molecule has 0 aliphatic rings. The van der Waals surface area contributed by atoms with E-state index < -0.39 is 0 Å². The zero-order chi connectivity index (χ0) is 17.6. The van der Waals surface area contributed by atoms with Crippen molar-refractivity contribution in [3.8, 4) is 16.9 Å². The van der Waals surface area contributed by atoms with Gasteiger partial charge in [0.2, 0.25) is 0 Å². The Hall–Kier alpha value is -3.07. The van der Waals surface area contributed by atoms with Crippen LogP contribution in [-0.2, 0) is 0 Å². The summed E-state index contributed by atoms with van der Waals surface area (Å²) in [6.07, 6.45) is 0. The highest BCUT2D eigenvalue weighted by molar-refractivity contribution is 5.94. The second kappa shape index (κ2) is 7.67. The summed E-state index contributed by atoms with van der Waals surface area (Å²) in [5.74, 6) is 0.724. The van der Waals surface area contributed by atoms with Crippen molar-refractivity contribution in [1.29, 1.82) is 0 Å². The molecule has 0 saturated heterocycles. The van der Waals surface area contributed by atoms with Gasteiger partial charge in [-0.05, 0) is 47.9 Å². The van der Waals surface area contributed by atoms with Gasteiger partial charge in [-0.1, -0.05) is 54.6 Å². The lowest BCUT2D eigenvalue weighted by Gasteiger charge is -2.15. The fourth-order valence-corrected chi connectivity index (χ4v) is 2.70. The molecule has 1 N–H and O–H groups in total. The summed E-state index contributed by atoms with van der Waals surface area (Å²) in [6.45, 7) is 1.97. The number of benzene rings is 3. The largest absolute Gasteiger partial charge is 0.497 e. The first kappa shape index (κ1) is 16.8. The summed E-state index contributed by atoms with van der Waals surface area (Å²) in [6, 6.07) is 25.4. The van der Waals surface area contributed by atoms with Crippen molar-refractivity contribution < 1.29 is 9.53 Å². The van der Waals surface area contributed by atoms with Gasteiger partial charge in [-0.15, -0.1) is 0 Å². The first-order valence-electron chi connectivity index (χ1n) is 8.27. The molecule has 0 unspecified atom stereocenters. The van der Waals surface area contributed by atoms with Crippen LogP contribution in [0.1, 0.15) is 28.9 Å². The maximum absolute atomic E-state index is 12.5.